The maximum Gasteiger partial charge on any atom is 0.298 e. The van der Waals surface area contributed by atoms with Crippen molar-refractivity contribution in [3.05, 3.63) is 29.8 Å². The Morgan fingerprint density at radius 3 is 2.33 bits per heavy atom. The van der Waals surface area contributed by atoms with Crippen LogP contribution in [0.5, 0.6) is 0 Å². The SMILES string of the molecule is CCC(N)OS(=O)(=O)c1ccc(C)cc1. The molecule has 4 nitrogen and oxygen atoms in total. The third-order valence-electron chi connectivity index (χ3n) is 1.96. The molecule has 1 aromatic carbocycles. The van der Waals surface area contributed by atoms with Gasteiger partial charge in [-0.1, -0.05) is 24.6 Å². The summed E-state index contributed by atoms with van der Waals surface area (Å²) in [4.78, 5) is 0.136. The largest absolute Gasteiger partial charge is 0.305 e. The van der Waals surface area contributed by atoms with Gasteiger partial charge in [0.1, 0.15) is 6.23 Å². The van der Waals surface area contributed by atoms with Crippen LogP contribution in [0.15, 0.2) is 29.2 Å². The molecule has 0 aliphatic heterocycles. The molecule has 5 heteroatoms. The molecule has 1 rings (SSSR count). The van der Waals surface area contributed by atoms with Crippen LogP contribution in [0.1, 0.15) is 18.9 Å². The van der Waals surface area contributed by atoms with Crippen molar-refractivity contribution >= 4 is 10.1 Å². The number of aryl methyl sites for hydroxylation is 1. The quantitative estimate of drug-likeness (QED) is 0.625. The second-order valence-electron chi connectivity index (χ2n) is 3.31. The second-order valence-corrected chi connectivity index (χ2v) is 4.88. The Hall–Kier alpha value is -0.910. The van der Waals surface area contributed by atoms with E-state index in [1.165, 1.54) is 12.1 Å². The lowest BCUT2D eigenvalue weighted by Gasteiger charge is -2.10. The van der Waals surface area contributed by atoms with Gasteiger partial charge in [0.25, 0.3) is 10.1 Å². The van der Waals surface area contributed by atoms with Gasteiger partial charge in [-0.2, -0.15) is 8.42 Å². The van der Waals surface area contributed by atoms with E-state index in [1.54, 1.807) is 19.1 Å². The fourth-order valence-corrected chi connectivity index (χ4v) is 2.03. The molecule has 0 saturated heterocycles. The smallest absolute Gasteiger partial charge is 0.298 e. The number of benzene rings is 1. The van der Waals surface area contributed by atoms with Crippen LogP contribution < -0.4 is 5.73 Å². The molecule has 0 fully saturated rings. The van der Waals surface area contributed by atoms with Gasteiger partial charge in [-0.3, -0.25) is 0 Å². The summed E-state index contributed by atoms with van der Waals surface area (Å²) in [5, 5.41) is 0. The molecule has 0 heterocycles. The molecule has 0 spiro atoms. The Kier molecular flexibility index (Phi) is 3.84. The molecule has 1 unspecified atom stereocenters. The average Bonchev–Trinajstić information content (AvgIpc) is 2.17. The molecule has 0 aliphatic rings. The summed E-state index contributed by atoms with van der Waals surface area (Å²) in [5.74, 6) is 0. The Bertz CT molecular complexity index is 411. The van der Waals surface area contributed by atoms with Gasteiger partial charge in [-0.05, 0) is 25.5 Å². The molecule has 2 N–H and O–H groups in total. The Labute approximate surface area is 90.2 Å². The molecule has 0 aliphatic carbocycles. The van der Waals surface area contributed by atoms with E-state index in [-0.39, 0.29) is 4.90 Å². The fraction of sp³-hybridized carbons (Fsp3) is 0.400. The van der Waals surface area contributed by atoms with Gasteiger partial charge in [-0.15, -0.1) is 0 Å². The van der Waals surface area contributed by atoms with Crippen molar-refractivity contribution in [2.75, 3.05) is 0 Å². The first-order valence-corrected chi connectivity index (χ1v) is 6.12. The summed E-state index contributed by atoms with van der Waals surface area (Å²) in [7, 11) is -3.71. The van der Waals surface area contributed by atoms with Crippen molar-refractivity contribution in [3.8, 4) is 0 Å². The van der Waals surface area contributed by atoms with Gasteiger partial charge in [0, 0.05) is 0 Å². The lowest BCUT2D eigenvalue weighted by Crippen LogP contribution is -2.26. The minimum absolute atomic E-state index is 0.136. The van der Waals surface area contributed by atoms with E-state index in [4.69, 9.17) is 9.92 Å². The summed E-state index contributed by atoms with van der Waals surface area (Å²) in [6, 6.07) is 6.45. The van der Waals surface area contributed by atoms with Gasteiger partial charge < -0.3 is 5.73 Å². The van der Waals surface area contributed by atoms with E-state index in [0.29, 0.717) is 6.42 Å². The standard InChI is InChI=1S/C10H15NO3S/c1-3-10(11)14-15(12,13)9-6-4-8(2)5-7-9/h4-7,10H,3,11H2,1-2H3. The predicted molar refractivity (Wildman–Crippen MR) is 57.7 cm³/mol. The van der Waals surface area contributed by atoms with Gasteiger partial charge in [0.05, 0.1) is 4.90 Å². The van der Waals surface area contributed by atoms with Crippen LogP contribution in [0.3, 0.4) is 0 Å². The van der Waals surface area contributed by atoms with Crippen molar-refractivity contribution < 1.29 is 12.6 Å². The highest BCUT2D eigenvalue weighted by molar-refractivity contribution is 7.86. The van der Waals surface area contributed by atoms with Gasteiger partial charge in [0.2, 0.25) is 0 Å². The van der Waals surface area contributed by atoms with Crippen LogP contribution in [0.2, 0.25) is 0 Å². The van der Waals surface area contributed by atoms with E-state index in [0.717, 1.165) is 5.56 Å². The molecular formula is C10H15NO3S. The van der Waals surface area contributed by atoms with Crippen LogP contribution >= 0.6 is 0 Å². The Morgan fingerprint density at radius 2 is 1.87 bits per heavy atom. The number of hydrogen-bond donors (Lipinski definition) is 1. The summed E-state index contributed by atoms with van der Waals surface area (Å²) in [5.41, 5.74) is 6.42. The van der Waals surface area contributed by atoms with Crippen LogP contribution in [0, 0.1) is 6.92 Å². The van der Waals surface area contributed by atoms with E-state index in [1.807, 2.05) is 6.92 Å². The maximum absolute atomic E-state index is 11.6. The van der Waals surface area contributed by atoms with Gasteiger partial charge in [-0.25, -0.2) is 4.18 Å². The highest BCUT2D eigenvalue weighted by Gasteiger charge is 2.17. The first-order chi connectivity index (χ1) is 6.95. The van der Waals surface area contributed by atoms with E-state index in [2.05, 4.69) is 0 Å². The van der Waals surface area contributed by atoms with Crippen molar-refractivity contribution in [2.45, 2.75) is 31.4 Å². The van der Waals surface area contributed by atoms with Crippen molar-refractivity contribution in [1.82, 2.24) is 0 Å². The summed E-state index contributed by atoms with van der Waals surface area (Å²) in [6.45, 7) is 3.64. The van der Waals surface area contributed by atoms with E-state index < -0.39 is 16.3 Å². The zero-order valence-electron chi connectivity index (χ0n) is 8.80. The number of rotatable bonds is 4. The maximum atomic E-state index is 11.6. The monoisotopic (exact) mass is 229 g/mol. The summed E-state index contributed by atoms with van der Waals surface area (Å²) >= 11 is 0. The molecule has 0 bridgehead atoms. The average molecular weight is 229 g/mol. The molecule has 0 aromatic heterocycles. The summed E-state index contributed by atoms with van der Waals surface area (Å²) in [6.07, 6.45) is -0.332. The highest BCUT2D eigenvalue weighted by Crippen LogP contribution is 2.14. The molecule has 15 heavy (non-hydrogen) atoms. The molecule has 0 radical (unpaired) electrons. The normalized spacial score (nSPS) is 13.8. The summed E-state index contributed by atoms with van der Waals surface area (Å²) < 4.78 is 28.0. The lowest BCUT2D eigenvalue weighted by molar-refractivity contribution is 0.212. The molecule has 0 amide bonds. The zero-order chi connectivity index (χ0) is 11.5. The number of hydrogen-bond acceptors (Lipinski definition) is 4. The van der Waals surface area contributed by atoms with E-state index in [9.17, 15) is 8.42 Å². The van der Waals surface area contributed by atoms with Crippen LogP contribution in [-0.2, 0) is 14.3 Å². The topological polar surface area (TPSA) is 69.4 Å². The molecule has 1 aromatic rings. The highest BCUT2D eigenvalue weighted by atomic mass is 32.2. The predicted octanol–water partition coefficient (Wildman–Crippen LogP) is 1.40. The van der Waals surface area contributed by atoms with Gasteiger partial charge in [0.15, 0.2) is 0 Å². The van der Waals surface area contributed by atoms with Crippen molar-refractivity contribution in [1.29, 1.82) is 0 Å². The van der Waals surface area contributed by atoms with Crippen LogP contribution in [0.4, 0.5) is 0 Å². The molecule has 0 saturated carbocycles. The molecule has 1 atom stereocenters. The van der Waals surface area contributed by atoms with Crippen molar-refractivity contribution in [3.63, 3.8) is 0 Å². The van der Waals surface area contributed by atoms with Crippen LogP contribution in [-0.4, -0.2) is 14.6 Å². The number of nitrogens with two attached hydrogens (primary N) is 1. The Morgan fingerprint density at radius 1 is 1.33 bits per heavy atom. The zero-order valence-corrected chi connectivity index (χ0v) is 9.62. The lowest BCUT2D eigenvalue weighted by atomic mass is 10.2. The minimum Gasteiger partial charge on any atom is -0.305 e. The Balaban J connectivity index is 2.91. The minimum atomic E-state index is -3.71. The molecule has 84 valence electrons. The third-order valence-corrected chi connectivity index (χ3v) is 3.31. The first-order valence-electron chi connectivity index (χ1n) is 4.71. The third kappa shape index (κ3) is 3.30. The first kappa shape index (κ1) is 12.2. The van der Waals surface area contributed by atoms with Crippen LogP contribution in [0.25, 0.3) is 0 Å². The van der Waals surface area contributed by atoms with E-state index >= 15 is 0 Å². The second kappa shape index (κ2) is 4.74. The van der Waals surface area contributed by atoms with Gasteiger partial charge >= 0.3 is 0 Å². The van der Waals surface area contributed by atoms with Crippen molar-refractivity contribution in [2.24, 2.45) is 5.73 Å². The fourth-order valence-electron chi connectivity index (χ4n) is 0.991. The molecular weight excluding hydrogens is 214 g/mol.